The Bertz CT molecular complexity index is 675. The van der Waals surface area contributed by atoms with Crippen molar-refractivity contribution in [2.75, 3.05) is 0 Å². The lowest BCUT2D eigenvalue weighted by molar-refractivity contribution is 0.100. The van der Waals surface area contributed by atoms with Crippen molar-refractivity contribution >= 4 is 17.7 Å². The highest BCUT2D eigenvalue weighted by Crippen LogP contribution is 2.07. The summed E-state index contributed by atoms with van der Waals surface area (Å²) in [5, 5.41) is 0. The van der Waals surface area contributed by atoms with E-state index in [1.54, 1.807) is 36.6 Å². The predicted octanol–water partition coefficient (Wildman–Crippen LogP) is 4.46. The fourth-order valence-electron chi connectivity index (χ4n) is 1.73. The zero-order valence-electron chi connectivity index (χ0n) is 12.1. The molecule has 3 heteroatoms. The molecule has 0 N–H and O–H groups in total. The van der Waals surface area contributed by atoms with Crippen LogP contribution in [0.5, 0.6) is 0 Å². The number of allylic oxidation sites excluding steroid dienone is 3. The van der Waals surface area contributed by atoms with Crippen LogP contribution in [0.25, 0.3) is 6.08 Å². The third-order valence-electron chi connectivity index (χ3n) is 2.83. The van der Waals surface area contributed by atoms with Gasteiger partial charge in [0.15, 0.2) is 0 Å². The van der Waals surface area contributed by atoms with Gasteiger partial charge < -0.3 is 4.42 Å². The Morgan fingerprint density at radius 1 is 1.14 bits per heavy atom. The van der Waals surface area contributed by atoms with Gasteiger partial charge in [0.25, 0.3) is 5.91 Å². The van der Waals surface area contributed by atoms with E-state index in [1.807, 2.05) is 44.2 Å². The van der Waals surface area contributed by atoms with Gasteiger partial charge in [-0.3, -0.25) is 4.79 Å². The van der Waals surface area contributed by atoms with E-state index in [0.29, 0.717) is 11.3 Å². The number of hydrogen-bond acceptors (Lipinski definition) is 2. The van der Waals surface area contributed by atoms with Gasteiger partial charge in [-0.1, -0.05) is 23.8 Å². The first kappa shape index (κ1) is 14.7. The second kappa shape index (κ2) is 7.20. The zero-order valence-corrected chi connectivity index (χ0v) is 12.1. The largest absolute Gasteiger partial charge is 0.465 e. The molecular formula is C18H17NO2. The molecule has 3 nitrogen and oxygen atoms in total. The maximum Gasteiger partial charge on any atom is 0.277 e. The van der Waals surface area contributed by atoms with E-state index < -0.39 is 0 Å². The number of carbonyl (C=O) groups is 1. The van der Waals surface area contributed by atoms with Crippen LogP contribution in [0.4, 0.5) is 0 Å². The van der Waals surface area contributed by atoms with Crippen LogP contribution in [-0.4, -0.2) is 11.6 Å². The van der Waals surface area contributed by atoms with E-state index in [9.17, 15) is 4.79 Å². The smallest absolute Gasteiger partial charge is 0.277 e. The van der Waals surface area contributed by atoms with Crippen LogP contribution >= 0.6 is 0 Å². The van der Waals surface area contributed by atoms with Crippen molar-refractivity contribution in [3.8, 4) is 0 Å². The number of carbonyl (C=O) groups excluding carboxylic acids is 1. The average molecular weight is 279 g/mol. The molecule has 106 valence electrons. The highest BCUT2D eigenvalue weighted by Gasteiger charge is 2.03. The molecular weight excluding hydrogens is 262 g/mol. The van der Waals surface area contributed by atoms with Crippen molar-refractivity contribution in [1.82, 2.24) is 0 Å². The molecule has 0 radical (unpaired) electrons. The fraction of sp³-hybridized carbons (Fsp3) is 0.111. The number of amides is 1. The first-order chi connectivity index (χ1) is 10.2. The van der Waals surface area contributed by atoms with Crippen LogP contribution in [0, 0.1) is 6.92 Å². The Morgan fingerprint density at radius 3 is 2.52 bits per heavy atom. The van der Waals surface area contributed by atoms with Crippen LogP contribution in [0.3, 0.4) is 0 Å². The van der Waals surface area contributed by atoms with E-state index in [4.69, 9.17) is 4.42 Å². The van der Waals surface area contributed by atoms with Crippen molar-refractivity contribution in [3.05, 3.63) is 77.8 Å². The first-order valence-corrected chi connectivity index (χ1v) is 6.73. The Morgan fingerprint density at radius 2 is 1.90 bits per heavy atom. The number of furan rings is 1. The summed E-state index contributed by atoms with van der Waals surface area (Å²) in [6.07, 6.45) is 8.76. The molecule has 1 aromatic heterocycles. The molecule has 0 saturated heterocycles. The van der Waals surface area contributed by atoms with E-state index >= 15 is 0 Å². The summed E-state index contributed by atoms with van der Waals surface area (Å²) in [4.78, 5) is 16.3. The number of nitrogens with zero attached hydrogens (tertiary/aromatic N) is 1. The van der Waals surface area contributed by atoms with Crippen LogP contribution in [0.15, 0.2) is 70.3 Å². The van der Waals surface area contributed by atoms with Crippen LogP contribution < -0.4 is 0 Å². The monoisotopic (exact) mass is 279 g/mol. The number of hydrogen-bond donors (Lipinski definition) is 0. The number of rotatable bonds is 4. The molecule has 0 fully saturated rings. The van der Waals surface area contributed by atoms with E-state index in [1.165, 1.54) is 0 Å². The summed E-state index contributed by atoms with van der Waals surface area (Å²) in [6, 6.07) is 11.0. The van der Waals surface area contributed by atoms with Gasteiger partial charge in [0.2, 0.25) is 0 Å². The number of aryl methyl sites for hydroxylation is 1. The van der Waals surface area contributed by atoms with Crippen molar-refractivity contribution in [2.45, 2.75) is 13.8 Å². The summed E-state index contributed by atoms with van der Waals surface area (Å²) < 4.78 is 5.21. The van der Waals surface area contributed by atoms with Gasteiger partial charge in [-0.25, -0.2) is 4.99 Å². The minimum Gasteiger partial charge on any atom is -0.465 e. The molecule has 0 aliphatic heterocycles. The van der Waals surface area contributed by atoms with Crippen molar-refractivity contribution in [3.63, 3.8) is 0 Å². The molecule has 0 saturated carbocycles. The first-order valence-electron chi connectivity index (χ1n) is 6.73. The molecule has 0 spiro atoms. The quantitative estimate of drug-likeness (QED) is 0.775. The topological polar surface area (TPSA) is 42.6 Å². The lowest BCUT2D eigenvalue weighted by Crippen LogP contribution is -1.99. The highest BCUT2D eigenvalue weighted by atomic mass is 16.3. The molecule has 0 aliphatic rings. The maximum atomic E-state index is 12.1. The van der Waals surface area contributed by atoms with Crippen molar-refractivity contribution in [1.29, 1.82) is 0 Å². The molecule has 2 rings (SSSR count). The van der Waals surface area contributed by atoms with E-state index in [-0.39, 0.29) is 5.91 Å². The lowest BCUT2D eigenvalue weighted by atomic mass is 10.1. The van der Waals surface area contributed by atoms with Gasteiger partial charge in [-0.15, -0.1) is 0 Å². The Balaban J connectivity index is 2.20. The van der Waals surface area contributed by atoms with Crippen LogP contribution in [0.1, 0.15) is 28.6 Å². The minimum atomic E-state index is -0.257. The Hall–Kier alpha value is -2.68. The summed E-state index contributed by atoms with van der Waals surface area (Å²) in [6.45, 7) is 3.86. The van der Waals surface area contributed by atoms with E-state index in [0.717, 1.165) is 11.3 Å². The second-order valence-corrected chi connectivity index (χ2v) is 4.56. The normalized spacial score (nSPS) is 12.4. The average Bonchev–Trinajstić information content (AvgIpc) is 2.99. The summed E-state index contributed by atoms with van der Waals surface area (Å²) >= 11 is 0. The third kappa shape index (κ3) is 4.42. The molecule has 21 heavy (non-hydrogen) atoms. The predicted molar refractivity (Wildman–Crippen MR) is 85.5 cm³/mol. The van der Waals surface area contributed by atoms with Crippen molar-refractivity contribution in [2.24, 2.45) is 4.99 Å². The maximum absolute atomic E-state index is 12.1. The SMILES string of the molecule is C/C=C\C(/C=C/c1ccco1)=NC(=O)c1ccc(C)cc1. The van der Waals surface area contributed by atoms with Gasteiger partial charge in [0.05, 0.1) is 12.0 Å². The summed E-state index contributed by atoms with van der Waals surface area (Å²) in [5.74, 6) is 0.460. The van der Waals surface area contributed by atoms with Crippen LogP contribution in [0.2, 0.25) is 0 Å². The second-order valence-electron chi connectivity index (χ2n) is 4.56. The Kier molecular flexibility index (Phi) is 5.04. The van der Waals surface area contributed by atoms with Gasteiger partial charge in [0.1, 0.15) is 5.76 Å². The summed E-state index contributed by atoms with van der Waals surface area (Å²) in [7, 11) is 0. The number of benzene rings is 1. The van der Waals surface area contributed by atoms with Crippen LogP contribution in [-0.2, 0) is 0 Å². The van der Waals surface area contributed by atoms with E-state index in [2.05, 4.69) is 4.99 Å². The number of aliphatic imine (C=N–C) groups is 1. The molecule has 0 unspecified atom stereocenters. The molecule has 0 bridgehead atoms. The van der Waals surface area contributed by atoms with Crippen molar-refractivity contribution < 1.29 is 9.21 Å². The molecule has 2 aromatic rings. The highest BCUT2D eigenvalue weighted by molar-refractivity contribution is 6.13. The lowest BCUT2D eigenvalue weighted by Gasteiger charge is -1.98. The molecule has 1 amide bonds. The zero-order chi connectivity index (χ0) is 15.1. The molecule has 1 heterocycles. The molecule has 0 atom stereocenters. The summed E-state index contributed by atoms with van der Waals surface area (Å²) in [5.41, 5.74) is 2.27. The fourth-order valence-corrected chi connectivity index (χ4v) is 1.73. The molecule has 0 aliphatic carbocycles. The van der Waals surface area contributed by atoms with Gasteiger partial charge in [-0.05, 0) is 56.3 Å². The minimum absolute atomic E-state index is 0.257. The third-order valence-corrected chi connectivity index (χ3v) is 2.83. The Labute approximate surface area is 124 Å². The van der Waals surface area contributed by atoms with Gasteiger partial charge >= 0.3 is 0 Å². The standard InChI is InChI=1S/C18H17NO2/c1-3-5-16(11-12-17-6-4-13-21-17)19-18(20)15-9-7-14(2)8-10-15/h3-13H,1-2H3/b5-3-,12-11+,19-16?. The van der Waals surface area contributed by atoms with Gasteiger partial charge in [-0.2, -0.15) is 0 Å². The molecule has 1 aromatic carbocycles. The van der Waals surface area contributed by atoms with Gasteiger partial charge in [0, 0.05) is 5.56 Å².